The van der Waals surface area contributed by atoms with Gasteiger partial charge < -0.3 is 4.52 Å². The van der Waals surface area contributed by atoms with Crippen LogP contribution in [-0.4, -0.2) is 20.1 Å². The molecule has 16 heavy (non-hydrogen) atoms. The second kappa shape index (κ2) is 4.35. The van der Waals surface area contributed by atoms with Gasteiger partial charge in [0.25, 0.3) is 0 Å². The van der Waals surface area contributed by atoms with Gasteiger partial charge in [-0.1, -0.05) is 42.2 Å². The first-order chi connectivity index (χ1) is 7.59. The monoisotopic (exact) mass is 258 g/mol. The van der Waals surface area contributed by atoms with Crippen molar-refractivity contribution in [2.75, 3.05) is 0 Å². The molecular formula is C9H8Cl2N4O. The van der Waals surface area contributed by atoms with Gasteiger partial charge in [0.2, 0.25) is 11.7 Å². The molecule has 84 valence electrons. The summed E-state index contributed by atoms with van der Waals surface area (Å²) in [5, 5.41) is 4.20. The number of nitrogens with zero attached hydrogens (tertiary/aromatic N) is 4. The van der Waals surface area contributed by atoms with Gasteiger partial charge >= 0.3 is 0 Å². The molecule has 0 aliphatic carbocycles. The van der Waals surface area contributed by atoms with Gasteiger partial charge in [-0.2, -0.15) is 4.98 Å². The Kier molecular flexibility index (Phi) is 3.07. The summed E-state index contributed by atoms with van der Waals surface area (Å²) in [6.45, 7) is 3.89. The quantitative estimate of drug-likeness (QED) is 0.775. The number of aromatic nitrogens is 4. The molecule has 0 spiro atoms. The van der Waals surface area contributed by atoms with Crippen molar-refractivity contribution >= 4 is 23.2 Å². The van der Waals surface area contributed by atoms with Crippen molar-refractivity contribution in [3.63, 3.8) is 0 Å². The predicted molar refractivity (Wildman–Crippen MR) is 59.4 cm³/mol. The molecule has 0 fully saturated rings. The molecule has 0 aliphatic heterocycles. The van der Waals surface area contributed by atoms with Crippen LogP contribution in [0.4, 0.5) is 0 Å². The molecule has 0 aromatic carbocycles. The molecule has 0 bridgehead atoms. The summed E-state index contributed by atoms with van der Waals surface area (Å²) in [6.07, 6.45) is 1.28. The molecule has 2 heterocycles. The third-order valence-electron chi connectivity index (χ3n) is 1.91. The highest BCUT2D eigenvalue weighted by Gasteiger charge is 2.18. The third-order valence-corrected chi connectivity index (χ3v) is 2.49. The molecule has 0 saturated heterocycles. The lowest BCUT2D eigenvalue weighted by Gasteiger charge is -1.98. The van der Waals surface area contributed by atoms with E-state index in [9.17, 15) is 0 Å². The van der Waals surface area contributed by atoms with E-state index in [0.717, 1.165) is 0 Å². The van der Waals surface area contributed by atoms with Gasteiger partial charge in [-0.3, -0.25) is 0 Å². The Hall–Kier alpha value is -1.20. The summed E-state index contributed by atoms with van der Waals surface area (Å²) in [4.78, 5) is 11.8. The van der Waals surface area contributed by atoms with Gasteiger partial charge in [0, 0.05) is 5.92 Å². The Morgan fingerprint density at radius 3 is 2.31 bits per heavy atom. The van der Waals surface area contributed by atoms with E-state index in [4.69, 9.17) is 27.7 Å². The fraction of sp³-hybridized carbons (Fsp3) is 0.333. The average Bonchev–Trinajstić information content (AvgIpc) is 2.66. The first kappa shape index (κ1) is 11.3. The molecule has 2 aromatic rings. The highest BCUT2D eigenvalue weighted by Crippen LogP contribution is 2.30. The van der Waals surface area contributed by atoms with Crippen molar-refractivity contribution in [3.8, 4) is 11.4 Å². The molecule has 0 atom stereocenters. The zero-order valence-electron chi connectivity index (χ0n) is 8.61. The van der Waals surface area contributed by atoms with Crippen molar-refractivity contribution in [1.82, 2.24) is 20.1 Å². The Labute approximate surface area is 102 Å². The van der Waals surface area contributed by atoms with E-state index in [0.29, 0.717) is 17.3 Å². The highest BCUT2D eigenvalue weighted by molar-refractivity contribution is 6.37. The van der Waals surface area contributed by atoms with E-state index in [-0.39, 0.29) is 16.2 Å². The molecule has 0 radical (unpaired) electrons. The fourth-order valence-corrected chi connectivity index (χ4v) is 1.58. The molecular weight excluding hydrogens is 251 g/mol. The van der Waals surface area contributed by atoms with Crippen molar-refractivity contribution in [1.29, 1.82) is 0 Å². The van der Waals surface area contributed by atoms with Gasteiger partial charge in [-0.15, -0.1) is 0 Å². The zero-order chi connectivity index (χ0) is 11.7. The Bertz CT molecular complexity index is 492. The topological polar surface area (TPSA) is 64.7 Å². The van der Waals surface area contributed by atoms with Crippen molar-refractivity contribution < 1.29 is 4.52 Å². The number of hydrogen-bond donors (Lipinski definition) is 0. The van der Waals surface area contributed by atoms with Crippen LogP contribution in [-0.2, 0) is 0 Å². The SMILES string of the molecule is CC(C)c1nc(-c2c(Cl)ncnc2Cl)no1. The highest BCUT2D eigenvalue weighted by atomic mass is 35.5. The maximum Gasteiger partial charge on any atom is 0.229 e. The van der Waals surface area contributed by atoms with Crippen LogP contribution in [0.15, 0.2) is 10.9 Å². The van der Waals surface area contributed by atoms with Gasteiger partial charge in [0.1, 0.15) is 16.6 Å². The molecule has 0 aliphatic rings. The van der Waals surface area contributed by atoms with Gasteiger partial charge in [-0.05, 0) is 0 Å². The normalized spacial score (nSPS) is 11.1. The maximum atomic E-state index is 5.90. The summed E-state index contributed by atoms with van der Waals surface area (Å²) in [5.74, 6) is 0.966. The zero-order valence-corrected chi connectivity index (χ0v) is 10.1. The van der Waals surface area contributed by atoms with E-state index >= 15 is 0 Å². The lowest BCUT2D eigenvalue weighted by Crippen LogP contribution is -1.91. The van der Waals surface area contributed by atoms with Crippen molar-refractivity contribution in [2.45, 2.75) is 19.8 Å². The fourth-order valence-electron chi connectivity index (χ4n) is 1.10. The molecule has 7 heteroatoms. The minimum atomic E-state index is 0.142. The van der Waals surface area contributed by atoms with Crippen LogP contribution in [0, 0.1) is 0 Å². The second-order valence-corrected chi connectivity index (χ2v) is 4.16. The van der Waals surface area contributed by atoms with Crippen LogP contribution in [0.1, 0.15) is 25.7 Å². The molecule has 0 saturated carbocycles. The standard InChI is InChI=1S/C9H8Cl2N4O/c1-4(2)9-14-8(15-16-9)5-6(10)12-3-13-7(5)11/h3-4H,1-2H3. The summed E-state index contributed by atoms with van der Waals surface area (Å²) < 4.78 is 5.06. The predicted octanol–water partition coefficient (Wildman–Crippen LogP) is 2.96. The summed E-state index contributed by atoms with van der Waals surface area (Å²) in [7, 11) is 0. The Balaban J connectivity index is 2.50. The minimum absolute atomic E-state index is 0.142. The van der Waals surface area contributed by atoms with Gasteiger partial charge in [0.05, 0.1) is 5.56 Å². The Morgan fingerprint density at radius 2 is 1.81 bits per heavy atom. The number of rotatable bonds is 2. The lowest BCUT2D eigenvalue weighted by molar-refractivity contribution is 0.365. The van der Waals surface area contributed by atoms with Crippen molar-refractivity contribution in [2.24, 2.45) is 0 Å². The molecule has 0 amide bonds. The van der Waals surface area contributed by atoms with Gasteiger partial charge in [-0.25, -0.2) is 9.97 Å². The number of halogens is 2. The Morgan fingerprint density at radius 1 is 1.19 bits per heavy atom. The van der Waals surface area contributed by atoms with Crippen LogP contribution < -0.4 is 0 Å². The minimum Gasteiger partial charge on any atom is -0.339 e. The lowest BCUT2D eigenvalue weighted by atomic mass is 10.2. The molecule has 0 unspecified atom stereocenters. The van der Waals surface area contributed by atoms with Crippen LogP contribution in [0.5, 0.6) is 0 Å². The summed E-state index contributed by atoms with van der Waals surface area (Å²) >= 11 is 11.8. The summed E-state index contributed by atoms with van der Waals surface area (Å²) in [6, 6.07) is 0. The van der Waals surface area contributed by atoms with E-state index in [2.05, 4.69) is 20.1 Å². The molecule has 5 nitrogen and oxygen atoms in total. The van der Waals surface area contributed by atoms with Crippen LogP contribution in [0.3, 0.4) is 0 Å². The molecule has 2 rings (SSSR count). The van der Waals surface area contributed by atoms with Crippen LogP contribution in [0.25, 0.3) is 11.4 Å². The largest absolute Gasteiger partial charge is 0.339 e. The van der Waals surface area contributed by atoms with E-state index < -0.39 is 0 Å². The first-order valence-corrected chi connectivity index (χ1v) is 5.35. The smallest absolute Gasteiger partial charge is 0.229 e. The average molecular weight is 259 g/mol. The third kappa shape index (κ3) is 2.01. The number of hydrogen-bond acceptors (Lipinski definition) is 5. The molecule has 2 aromatic heterocycles. The maximum absolute atomic E-state index is 5.90. The van der Waals surface area contributed by atoms with Crippen LogP contribution in [0.2, 0.25) is 10.3 Å². The van der Waals surface area contributed by atoms with E-state index in [1.54, 1.807) is 0 Å². The van der Waals surface area contributed by atoms with Gasteiger partial charge in [0.15, 0.2) is 0 Å². The summed E-state index contributed by atoms with van der Waals surface area (Å²) in [5.41, 5.74) is 0.390. The van der Waals surface area contributed by atoms with E-state index in [1.807, 2.05) is 13.8 Å². The van der Waals surface area contributed by atoms with Crippen LogP contribution >= 0.6 is 23.2 Å². The first-order valence-electron chi connectivity index (χ1n) is 4.59. The second-order valence-electron chi connectivity index (χ2n) is 3.44. The van der Waals surface area contributed by atoms with E-state index in [1.165, 1.54) is 6.33 Å². The van der Waals surface area contributed by atoms with Crippen molar-refractivity contribution in [3.05, 3.63) is 22.5 Å². The molecule has 0 N–H and O–H groups in total.